The van der Waals surface area contributed by atoms with E-state index in [1.54, 1.807) is 18.5 Å². The second-order valence-corrected chi connectivity index (χ2v) is 9.24. The Morgan fingerprint density at radius 1 is 1.00 bits per heavy atom. The van der Waals surface area contributed by atoms with Crippen LogP contribution < -0.4 is 0 Å². The van der Waals surface area contributed by atoms with Gasteiger partial charge in [-0.05, 0) is 67.7 Å². The maximum Gasteiger partial charge on any atom is 0.214 e. The van der Waals surface area contributed by atoms with Gasteiger partial charge >= 0.3 is 0 Å². The Morgan fingerprint density at radius 2 is 1.70 bits per heavy atom. The summed E-state index contributed by atoms with van der Waals surface area (Å²) in [7, 11) is 2.20. The lowest BCUT2D eigenvalue weighted by molar-refractivity contribution is 0.106. The van der Waals surface area contributed by atoms with Crippen molar-refractivity contribution in [3.63, 3.8) is 0 Å². The molecule has 3 aliphatic rings. The van der Waals surface area contributed by atoms with Crippen LogP contribution in [0.25, 0.3) is 11.4 Å². The number of aromatic nitrogens is 2. The van der Waals surface area contributed by atoms with Crippen LogP contribution in [-0.2, 0) is 0 Å². The van der Waals surface area contributed by atoms with Crippen LogP contribution in [0.15, 0.2) is 53.5 Å². The molecule has 1 saturated heterocycles. The zero-order valence-corrected chi connectivity index (χ0v) is 17.9. The zero-order chi connectivity index (χ0) is 20.8. The Balaban J connectivity index is 1.58. The number of fused-ring (bicyclic) bond motifs is 5. The quantitative estimate of drug-likeness (QED) is 0.693. The second kappa shape index (κ2) is 7.46. The Labute approximate surface area is 178 Å². The molecule has 2 aliphatic carbocycles. The molecule has 154 valence electrons. The number of aliphatic imine (C=N–C) groups is 1. The summed E-state index contributed by atoms with van der Waals surface area (Å²) >= 11 is 0. The molecule has 2 aromatic rings. The van der Waals surface area contributed by atoms with Crippen molar-refractivity contribution in [3.8, 4) is 11.4 Å². The van der Waals surface area contributed by atoms with Gasteiger partial charge in [0.05, 0.1) is 11.3 Å². The van der Waals surface area contributed by atoms with Crippen LogP contribution in [0.3, 0.4) is 0 Å². The minimum absolute atomic E-state index is 0.0771. The Kier molecular flexibility index (Phi) is 4.76. The van der Waals surface area contributed by atoms with Gasteiger partial charge < -0.3 is 4.90 Å². The van der Waals surface area contributed by atoms with Crippen LogP contribution in [0.5, 0.6) is 0 Å². The largest absolute Gasteiger partial charge is 0.373 e. The van der Waals surface area contributed by atoms with E-state index in [1.165, 1.54) is 31.4 Å². The molecule has 0 radical (unpaired) electrons. The van der Waals surface area contributed by atoms with E-state index in [9.17, 15) is 4.79 Å². The number of nitrogens with zero attached hydrogens (tertiary/aromatic N) is 4. The van der Waals surface area contributed by atoms with Gasteiger partial charge in [0, 0.05) is 42.9 Å². The van der Waals surface area contributed by atoms with Crippen LogP contribution in [0.4, 0.5) is 0 Å². The second-order valence-electron chi connectivity index (χ2n) is 9.24. The van der Waals surface area contributed by atoms with Gasteiger partial charge in [0.1, 0.15) is 11.4 Å². The molecule has 3 heterocycles. The third-order valence-corrected chi connectivity index (χ3v) is 7.04. The van der Waals surface area contributed by atoms with Crippen LogP contribution in [0, 0.1) is 17.8 Å². The van der Waals surface area contributed by atoms with E-state index in [1.807, 2.05) is 24.4 Å². The summed E-state index contributed by atoms with van der Waals surface area (Å²) in [6, 6.07) is 7.95. The summed E-state index contributed by atoms with van der Waals surface area (Å²) in [6.07, 6.45) is 10.4. The third-order valence-electron chi connectivity index (χ3n) is 7.04. The molecule has 1 aliphatic heterocycles. The number of ketones is 1. The van der Waals surface area contributed by atoms with Crippen molar-refractivity contribution in [2.24, 2.45) is 22.7 Å². The molecule has 4 atom stereocenters. The first-order chi connectivity index (χ1) is 14.5. The maximum absolute atomic E-state index is 13.3. The van der Waals surface area contributed by atoms with Crippen molar-refractivity contribution < 1.29 is 4.79 Å². The molecule has 5 nitrogen and oxygen atoms in total. The number of pyridine rings is 2. The van der Waals surface area contributed by atoms with E-state index in [2.05, 4.69) is 35.8 Å². The number of likely N-dealkylation sites (tertiary alicyclic amines) is 1. The van der Waals surface area contributed by atoms with Crippen molar-refractivity contribution in [2.45, 2.75) is 45.6 Å². The van der Waals surface area contributed by atoms with E-state index in [0.29, 0.717) is 28.9 Å². The van der Waals surface area contributed by atoms with Crippen LogP contribution in [0.2, 0.25) is 0 Å². The van der Waals surface area contributed by atoms with Gasteiger partial charge in [-0.3, -0.25) is 19.8 Å². The Morgan fingerprint density at radius 3 is 2.47 bits per heavy atom. The predicted molar refractivity (Wildman–Crippen MR) is 118 cm³/mol. The molecule has 1 saturated carbocycles. The highest BCUT2D eigenvalue weighted by molar-refractivity contribution is 6.54. The van der Waals surface area contributed by atoms with Gasteiger partial charge in [0.15, 0.2) is 0 Å². The summed E-state index contributed by atoms with van der Waals surface area (Å²) in [6.45, 7) is 4.67. The summed E-state index contributed by atoms with van der Waals surface area (Å²) < 4.78 is 0. The standard InChI is InChI=1S/C25H28N4O/c1-15-10-17-12-16(2)21(29(3)18(11-15)13-17)14-28-24-19-6-4-8-26-22(19)23-20(25(24)30)7-5-9-27-23/h4-9,14-18H,10-13H2,1-3H3/b21-14+,28-24?. The van der Waals surface area contributed by atoms with Crippen LogP contribution in [0.1, 0.15) is 55.5 Å². The molecule has 5 rings (SSSR count). The minimum atomic E-state index is -0.0771. The molecular weight excluding hydrogens is 372 g/mol. The monoisotopic (exact) mass is 400 g/mol. The van der Waals surface area contributed by atoms with Gasteiger partial charge in [0.25, 0.3) is 0 Å². The number of hydrogen-bond donors (Lipinski definition) is 0. The molecule has 0 amide bonds. The first kappa shape index (κ1) is 19.2. The van der Waals surface area contributed by atoms with E-state index < -0.39 is 0 Å². The molecule has 30 heavy (non-hydrogen) atoms. The minimum Gasteiger partial charge on any atom is -0.373 e. The molecule has 4 unspecified atom stereocenters. The zero-order valence-electron chi connectivity index (χ0n) is 17.9. The van der Waals surface area contributed by atoms with Gasteiger partial charge in [0.2, 0.25) is 5.78 Å². The summed E-state index contributed by atoms with van der Waals surface area (Å²) in [4.78, 5) is 29.4. The smallest absolute Gasteiger partial charge is 0.214 e. The molecule has 0 aromatic carbocycles. The molecule has 0 N–H and O–H groups in total. The number of allylic oxidation sites excluding steroid dienone is 1. The number of carbonyl (C=O) groups is 1. The number of rotatable bonds is 1. The fourth-order valence-electron chi connectivity index (χ4n) is 5.68. The fourth-order valence-corrected chi connectivity index (χ4v) is 5.68. The Bertz CT molecular complexity index is 1060. The topological polar surface area (TPSA) is 58.5 Å². The highest BCUT2D eigenvalue weighted by atomic mass is 16.1. The van der Waals surface area contributed by atoms with Crippen LogP contribution in [-0.4, -0.2) is 39.5 Å². The molecular formula is C25H28N4O. The highest BCUT2D eigenvalue weighted by Gasteiger charge is 2.36. The number of hydrogen-bond acceptors (Lipinski definition) is 5. The highest BCUT2D eigenvalue weighted by Crippen LogP contribution is 2.41. The first-order valence-corrected chi connectivity index (χ1v) is 11.0. The summed E-state index contributed by atoms with van der Waals surface area (Å²) in [5, 5.41) is 0. The molecule has 2 bridgehead atoms. The lowest BCUT2D eigenvalue weighted by Gasteiger charge is -2.37. The predicted octanol–water partition coefficient (Wildman–Crippen LogP) is 4.75. The van der Waals surface area contributed by atoms with E-state index in [-0.39, 0.29) is 5.78 Å². The lowest BCUT2D eigenvalue weighted by Crippen LogP contribution is -2.35. The van der Waals surface area contributed by atoms with Crippen molar-refractivity contribution in [1.82, 2.24) is 14.9 Å². The van der Waals surface area contributed by atoms with Gasteiger partial charge in [-0.1, -0.05) is 13.8 Å². The van der Waals surface area contributed by atoms with Crippen molar-refractivity contribution in [2.75, 3.05) is 7.05 Å². The molecule has 0 spiro atoms. The maximum atomic E-state index is 13.3. The van der Waals surface area contributed by atoms with Gasteiger partial charge in [-0.15, -0.1) is 0 Å². The van der Waals surface area contributed by atoms with Gasteiger partial charge in [-0.25, -0.2) is 0 Å². The number of Topliss-reactive ketones (excluding diaryl/α,β-unsaturated/α-hetero) is 1. The fraction of sp³-hybridized carbons (Fsp3) is 0.440. The molecule has 5 heteroatoms. The average Bonchev–Trinajstić information content (AvgIpc) is 2.82. The third kappa shape index (κ3) is 3.17. The average molecular weight is 401 g/mol. The first-order valence-electron chi connectivity index (χ1n) is 11.0. The summed E-state index contributed by atoms with van der Waals surface area (Å²) in [5.41, 5.74) is 4.42. The molecule has 2 aromatic heterocycles. The SMILES string of the molecule is CC1CC2CC(C)/C(=C\N=C3C(=O)c4cccnc4-c4ncccc43)N(C)C(C1)C2. The lowest BCUT2D eigenvalue weighted by atomic mass is 9.77. The van der Waals surface area contributed by atoms with E-state index in [4.69, 9.17) is 4.99 Å². The Hall–Kier alpha value is -2.82. The molecule has 2 fully saturated rings. The van der Waals surface area contributed by atoms with Crippen molar-refractivity contribution in [1.29, 1.82) is 0 Å². The van der Waals surface area contributed by atoms with Crippen molar-refractivity contribution in [3.05, 3.63) is 59.7 Å². The van der Waals surface area contributed by atoms with E-state index >= 15 is 0 Å². The summed E-state index contributed by atoms with van der Waals surface area (Å²) in [5.74, 6) is 1.91. The van der Waals surface area contributed by atoms with Gasteiger partial charge in [-0.2, -0.15) is 0 Å². The number of carbonyl (C=O) groups excluding carboxylic acids is 1. The van der Waals surface area contributed by atoms with Crippen molar-refractivity contribution >= 4 is 11.5 Å². The van der Waals surface area contributed by atoms with E-state index in [0.717, 1.165) is 23.1 Å². The normalized spacial score (nSPS) is 30.8. The van der Waals surface area contributed by atoms with Crippen LogP contribution >= 0.6 is 0 Å².